The van der Waals surface area contributed by atoms with E-state index in [1.54, 1.807) is 18.2 Å². The van der Waals surface area contributed by atoms with E-state index in [0.717, 1.165) is 4.47 Å². The summed E-state index contributed by atoms with van der Waals surface area (Å²) >= 11 is 9.12. The van der Waals surface area contributed by atoms with Gasteiger partial charge in [-0.1, -0.05) is 15.9 Å². The van der Waals surface area contributed by atoms with Crippen LogP contribution in [0.15, 0.2) is 46.9 Å². The van der Waals surface area contributed by atoms with Crippen LogP contribution in [0, 0.1) is 10.1 Å². The lowest BCUT2D eigenvalue weighted by atomic mass is 10.2. The van der Waals surface area contributed by atoms with Gasteiger partial charge in [0.15, 0.2) is 0 Å². The Hall–Kier alpha value is -1.59. The number of nitro groups is 1. The summed E-state index contributed by atoms with van der Waals surface area (Å²) in [4.78, 5) is 10.2. The van der Waals surface area contributed by atoms with E-state index in [-0.39, 0.29) is 11.6 Å². The molecule has 0 aromatic heterocycles. The average molecular weight is 343 g/mol. The van der Waals surface area contributed by atoms with Crippen LogP contribution < -0.4 is 4.74 Å². The number of halogens is 2. The minimum atomic E-state index is -0.459. The molecule has 2 aromatic rings. The largest absolute Gasteiger partial charge is 0.457 e. The molecule has 0 unspecified atom stereocenters. The fourth-order valence-electron chi connectivity index (χ4n) is 1.51. The number of hydrogen-bond donors (Lipinski definition) is 0. The van der Waals surface area contributed by atoms with E-state index in [1.165, 1.54) is 12.1 Å². The summed E-state index contributed by atoms with van der Waals surface area (Å²) in [6.45, 7) is 0. The lowest BCUT2D eigenvalue weighted by Crippen LogP contribution is -1.93. The van der Waals surface area contributed by atoms with E-state index in [1.807, 2.05) is 12.1 Å². The van der Waals surface area contributed by atoms with Gasteiger partial charge in [0.25, 0.3) is 5.69 Å². The van der Waals surface area contributed by atoms with Gasteiger partial charge >= 0.3 is 0 Å². The molecule has 0 saturated heterocycles. The zero-order valence-electron chi connectivity index (χ0n) is 9.68. The highest BCUT2D eigenvalue weighted by molar-refractivity contribution is 9.10. The molecule has 0 spiro atoms. The Morgan fingerprint density at radius 2 is 1.89 bits per heavy atom. The third-order valence-corrected chi connectivity index (χ3v) is 3.26. The van der Waals surface area contributed by atoms with Gasteiger partial charge in [-0.3, -0.25) is 10.1 Å². The first-order chi connectivity index (χ1) is 9.10. The van der Waals surface area contributed by atoms with Crippen molar-refractivity contribution in [2.24, 2.45) is 0 Å². The van der Waals surface area contributed by atoms with Gasteiger partial charge in [-0.05, 0) is 30.3 Å². The summed E-state index contributed by atoms with van der Waals surface area (Å²) in [7, 11) is 0. The standard InChI is InChI=1S/C13H9BrClNO3/c14-10-1-4-12(5-2-10)19-13-6-3-11(16(17)18)7-9(13)8-15/h1-7H,8H2. The van der Waals surface area contributed by atoms with Crippen LogP contribution in [0.2, 0.25) is 0 Å². The number of rotatable bonds is 4. The van der Waals surface area contributed by atoms with Crippen molar-refractivity contribution in [2.45, 2.75) is 5.88 Å². The van der Waals surface area contributed by atoms with Crippen LogP contribution in [0.4, 0.5) is 5.69 Å². The van der Waals surface area contributed by atoms with Gasteiger partial charge in [-0.2, -0.15) is 0 Å². The molecule has 6 heteroatoms. The molecule has 19 heavy (non-hydrogen) atoms. The maximum Gasteiger partial charge on any atom is 0.270 e. The van der Waals surface area contributed by atoms with Gasteiger partial charge < -0.3 is 4.74 Å². The zero-order chi connectivity index (χ0) is 13.8. The van der Waals surface area contributed by atoms with Crippen molar-refractivity contribution in [3.8, 4) is 11.5 Å². The van der Waals surface area contributed by atoms with Gasteiger partial charge in [-0.15, -0.1) is 11.6 Å². The number of benzene rings is 2. The molecule has 0 radical (unpaired) electrons. The summed E-state index contributed by atoms with van der Waals surface area (Å²) in [6.07, 6.45) is 0. The monoisotopic (exact) mass is 341 g/mol. The molecule has 98 valence electrons. The third kappa shape index (κ3) is 3.45. The predicted octanol–water partition coefficient (Wildman–Crippen LogP) is 4.89. The van der Waals surface area contributed by atoms with Crippen molar-refractivity contribution in [2.75, 3.05) is 0 Å². The first-order valence-electron chi connectivity index (χ1n) is 5.37. The molecule has 0 aliphatic rings. The number of alkyl halides is 1. The number of ether oxygens (including phenoxy) is 1. The molecule has 0 fully saturated rings. The number of non-ortho nitro benzene ring substituents is 1. The van der Waals surface area contributed by atoms with Crippen LogP contribution in [0.1, 0.15) is 5.56 Å². The molecule has 0 aliphatic carbocycles. The zero-order valence-corrected chi connectivity index (χ0v) is 12.0. The molecule has 0 N–H and O–H groups in total. The maximum atomic E-state index is 10.7. The fourth-order valence-corrected chi connectivity index (χ4v) is 1.99. The van der Waals surface area contributed by atoms with Crippen molar-refractivity contribution in [1.29, 1.82) is 0 Å². The molecular formula is C13H9BrClNO3. The van der Waals surface area contributed by atoms with Gasteiger partial charge in [0.05, 0.1) is 10.8 Å². The highest BCUT2D eigenvalue weighted by atomic mass is 79.9. The summed E-state index contributed by atoms with van der Waals surface area (Å²) in [6, 6.07) is 11.7. The molecule has 2 aromatic carbocycles. The van der Waals surface area contributed by atoms with Gasteiger partial charge in [0.2, 0.25) is 0 Å². The van der Waals surface area contributed by atoms with Gasteiger partial charge in [0.1, 0.15) is 11.5 Å². The molecular weight excluding hydrogens is 334 g/mol. The quantitative estimate of drug-likeness (QED) is 0.451. The van der Waals surface area contributed by atoms with Crippen LogP contribution >= 0.6 is 27.5 Å². The van der Waals surface area contributed by atoms with E-state index in [0.29, 0.717) is 17.1 Å². The minimum Gasteiger partial charge on any atom is -0.457 e. The molecule has 0 amide bonds. The number of hydrogen-bond acceptors (Lipinski definition) is 3. The Labute approximate surface area is 123 Å². The molecule has 0 heterocycles. The second-order valence-corrected chi connectivity index (χ2v) is 4.92. The lowest BCUT2D eigenvalue weighted by Gasteiger charge is -2.09. The molecule has 2 rings (SSSR count). The number of nitro benzene ring substituents is 1. The van der Waals surface area contributed by atoms with Gasteiger partial charge in [0, 0.05) is 22.2 Å². The summed E-state index contributed by atoms with van der Waals surface area (Å²) in [5.74, 6) is 1.31. The second kappa shape index (κ2) is 6.04. The maximum absolute atomic E-state index is 10.7. The second-order valence-electron chi connectivity index (χ2n) is 3.74. The van der Waals surface area contributed by atoms with E-state index in [4.69, 9.17) is 16.3 Å². The minimum absolute atomic E-state index is 0.00111. The Kier molecular flexibility index (Phi) is 4.39. The predicted molar refractivity (Wildman–Crippen MR) is 76.9 cm³/mol. The Bertz CT molecular complexity index is 601. The molecule has 0 aliphatic heterocycles. The highest BCUT2D eigenvalue weighted by Crippen LogP contribution is 2.30. The van der Waals surface area contributed by atoms with Crippen molar-refractivity contribution in [3.05, 3.63) is 62.6 Å². The summed E-state index contributed by atoms with van der Waals surface area (Å²) < 4.78 is 6.61. The summed E-state index contributed by atoms with van der Waals surface area (Å²) in [5.41, 5.74) is 0.581. The van der Waals surface area contributed by atoms with Crippen molar-refractivity contribution in [3.63, 3.8) is 0 Å². The van der Waals surface area contributed by atoms with Crippen molar-refractivity contribution in [1.82, 2.24) is 0 Å². The fraction of sp³-hybridized carbons (Fsp3) is 0.0769. The Morgan fingerprint density at radius 3 is 2.47 bits per heavy atom. The Morgan fingerprint density at radius 1 is 1.21 bits per heavy atom. The molecule has 0 bridgehead atoms. The van der Waals surface area contributed by atoms with E-state index >= 15 is 0 Å². The third-order valence-electron chi connectivity index (χ3n) is 2.44. The van der Waals surface area contributed by atoms with Crippen molar-refractivity contribution >= 4 is 33.2 Å². The smallest absolute Gasteiger partial charge is 0.270 e. The van der Waals surface area contributed by atoms with Crippen LogP contribution in [0.5, 0.6) is 11.5 Å². The molecule has 0 saturated carbocycles. The van der Waals surface area contributed by atoms with Crippen LogP contribution in [-0.2, 0) is 5.88 Å². The van der Waals surface area contributed by atoms with Gasteiger partial charge in [-0.25, -0.2) is 0 Å². The van der Waals surface area contributed by atoms with Crippen molar-refractivity contribution < 1.29 is 9.66 Å². The SMILES string of the molecule is O=[N+]([O-])c1ccc(Oc2ccc(Br)cc2)c(CCl)c1. The van der Waals surface area contributed by atoms with Crippen LogP contribution in [0.25, 0.3) is 0 Å². The normalized spacial score (nSPS) is 10.2. The first kappa shape index (κ1) is 13.8. The first-order valence-corrected chi connectivity index (χ1v) is 6.69. The average Bonchev–Trinajstić information content (AvgIpc) is 2.41. The van der Waals surface area contributed by atoms with Crippen LogP contribution in [0.3, 0.4) is 0 Å². The highest BCUT2D eigenvalue weighted by Gasteiger charge is 2.11. The Balaban J connectivity index is 2.29. The van der Waals surface area contributed by atoms with E-state index in [2.05, 4.69) is 15.9 Å². The molecule has 0 atom stereocenters. The topological polar surface area (TPSA) is 52.4 Å². The van der Waals surface area contributed by atoms with E-state index < -0.39 is 4.92 Å². The number of nitrogens with zero attached hydrogens (tertiary/aromatic N) is 1. The summed E-state index contributed by atoms with van der Waals surface area (Å²) in [5, 5.41) is 10.7. The molecule has 4 nitrogen and oxygen atoms in total. The lowest BCUT2D eigenvalue weighted by molar-refractivity contribution is -0.384. The van der Waals surface area contributed by atoms with E-state index in [9.17, 15) is 10.1 Å². The van der Waals surface area contributed by atoms with Crippen LogP contribution in [-0.4, -0.2) is 4.92 Å².